The molecule has 0 saturated carbocycles. The van der Waals surface area contributed by atoms with Crippen LogP contribution in [0.4, 0.5) is 9.59 Å². The molecule has 1 rings (SSSR count). The van der Waals surface area contributed by atoms with Crippen molar-refractivity contribution in [3.8, 4) is 0 Å². The third-order valence-corrected chi connectivity index (χ3v) is 2.79. The molecular weight excluding hydrogens is 254 g/mol. The first-order valence-corrected chi connectivity index (χ1v) is 6.15. The van der Waals surface area contributed by atoms with Crippen LogP contribution in [0.5, 0.6) is 0 Å². The zero-order chi connectivity index (χ0) is 14.3. The van der Waals surface area contributed by atoms with E-state index in [9.17, 15) is 9.59 Å². The summed E-state index contributed by atoms with van der Waals surface area (Å²) in [4.78, 5) is 32.3. The summed E-state index contributed by atoms with van der Waals surface area (Å²) in [7, 11) is 2.83. The van der Waals surface area contributed by atoms with Crippen molar-refractivity contribution in [2.75, 3.05) is 33.7 Å². The van der Waals surface area contributed by atoms with E-state index in [1.54, 1.807) is 5.01 Å². The predicted octanol–water partition coefficient (Wildman–Crippen LogP) is -0.584. The van der Waals surface area contributed by atoms with Gasteiger partial charge in [-0.25, -0.2) is 9.59 Å². The molecule has 0 aromatic carbocycles. The van der Waals surface area contributed by atoms with Crippen molar-refractivity contribution in [1.82, 2.24) is 21.0 Å². The van der Waals surface area contributed by atoms with E-state index in [1.165, 1.54) is 14.1 Å². The molecule has 1 atom stereocenters. The highest BCUT2D eigenvalue weighted by Gasteiger charge is 2.29. The van der Waals surface area contributed by atoms with E-state index in [2.05, 4.69) is 10.6 Å². The number of nitrogens with one attached hydrogen (secondary N) is 2. The fourth-order valence-electron chi connectivity index (χ4n) is 1.75. The van der Waals surface area contributed by atoms with Gasteiger partial charge in [0.2, 0.25) is 0 Å². The molecule has 1 fully saturated rings. The molecule has 2 amide bonds. The quantitative estimate of drug-likeness (QED) is 0.589. The van der Waals surface area contributed by atoms with Crippen molar-refractivity contribution in [2.45, 2.75) is 12.8 Å². The Morgan fingerprint density at radius 2 is 1.89 bits per heavy atom. The van der Waals surface area contributed by atoms with Crippen LogP contribution >= 0.6 is 0 Å². The minimum atomic E-state index is -0.723. The molecule has 110 valence electrons. The molecule has 0 bridgehead atoms. The van der Waals surface area contributed by atoms with Crippen LogP contribution in [0.25, 0.3) is 0 Å². The van der Waals surface area contributed by atoms with Gasteiger partial charge in [-0.05, 0) is 25.3 Å². The maximum atomic E-state index is 11.2. The van der Waals surface area contributed by atoms with Gasteiger partial charge in [0.15, 0.2) is 0 Å². The second-order valence-corrected chi connectivity index (χ2v) is 4.15. The summed E-state index contributed by atoms with van der Waals surface area (Å²) in [6, 6.07) is 0. The van der Waals surface area contributed by atoms with Crippen LogP contribution in [-0.4, -0.2) is 56.3 Å². The second kappa shape index (κ2) is 7.77. The lowest BCUT2D eigenvalue weighted by atomic mass is 10.00. The van der Waals surface area contributed by atoms with Crippen molar-refractivity contribution < 1.29 is 19.3 Å². The summed E-state index contributed by atoms with van der Waals surface area (Å²) in [5.41, 5.74) is 5.64. The van der Waals surface area contributed by atoms with Crippen LogP contribution in [0.1, 0.15) is 12.8 Å². The van der Waals surface area contributed by atoms with E-state index in [4.69, 9.17) is 15.4 Å². The highest BCUT2D eigenvalue weighted by molar-refractivity contribution is 5.67. The first-order chi connectivity index (χ1) is 9.10. The van der Waals surface area contributed by atoms with Gasteiger partial charge in [0.05, 0.1) is 0 Å². The Morgan fingerprint density at radius 3 is 2.37 bits per heavy atom. The number of rotatable bonds is 4. The maximum Gasteiger partial charge on any atom is 0.429 e. The lowest BCUT2D eigenvalue weighted by molar-refractivity contribution is -0.409. The predicted molar refractivity (Wildman–Crippen MR) is 66.3 cm³/mol. The molecule has 0 radical (unpaired) electrons. The smallest absolute Gasteiger partial charge is 0.330 e. The molecule has 1 heterocycles. The summed E-state index contributed by atoms with van der Waals surface area (Å²) in [5, 5.41) is 7.01. The molecular formula is C10H21N5O4. The summed E-state index contributed by atoms with van der Waals surface area (Å²) < 4.78 is 0. The second-order valence-electron chi connectivity index (χ2n) is 4.15. The molecule has 0 aliphatic carbocycles. The Kier molecular flexibility index (Phi) is 6.33. The average molecular weight is 275 g/mol. The normalized spacial score (nSPS) is 19.9. The third kappa shape index (κ3) is 4.89. The lowest BCUT2D eigenvalue weighted by Gasteiger charge is -2.35. The lowest BCUT2D eigenvalue weighted by Crippen LogP contribution is -2.52. The van der Waals surface area contributed by atoms with Crippen LogP contribution in [0.3, 0.4) is 0 Å². The van der Waals surface area contributed by atoms with Crippen molar-refractivity contribution in [3.05, 3.63) is 0 Å². The van der Waals surface area contributed by atoms with Crippen molar-refractivity contribution in [3.63, 3.8) is 0 Å². The highest BCUT2D eigenvalue weighted by Crippen LogP contribution is 2.17. The van der Waals surface area contributed by atoms with Gasteiger partial charge in [0.25, 0.3) is 0 Å². The number of hydrazine groups is 1. The van der Waals surface area contributed by atoms with Gasteiger partial charge < -0.3 is 16.4 Å². The highest BCUT2D eigenvalue weighted by atomic mass is 17.0. The molecule has 9 nitrogen and oxygen atoms in total. The Bertz CT molecular complexity index is 296. The number of carbonyl (C=O) groups is 2. The van der Waals surface area contributed by atoms with Gasteiger partial charge in [-0.2, -0.15) is 5.01 Å². The van der Waals surface area contributed by atoms with E-state index < -0.39 is 12.2 Å². The minimum absolute atomic E-state index is 0.276. The summed E-state index contributed by atoms with van der Waals surface area (Å²) in [6.45, 7) is 1.71. The molecule has 0 spiro atoms. The largest absolute Gasteiger partial charge is 0.429 e. The molecule has 1 aliphatic heterocycles. The van der Waals surface area contributed by atoms with Crippen LogP contribution < -0.4 is 16.4 Å². The molecule has 4 N–H and O–H groups in total. The Morgan fingerprint density at radius 1 is 1.32 bits per heavy atom. The average Bonchev–Trinajstić information content (AvgIpc) is 2.46. The summed E-state index contributed by atoms with van der Waals surface area (Å²) in [6.07, 6.45) is 0.436. The van der Waals surface area contributed by atoms with E-state index >= 15 is 0 Å². The molecule has 9 heteroatoms. The van der Waals surface area contributed by atoms with Gasteiger partial charge in [-0.15, -0.1) is 0 Å². The van der Waals surface area contributed by atoms with Gasteiger partial charge in [-0.3, -0.25) is 9.68 Å². The molecule has 1 aliphatic rings. The number of nitrogens with two attached hydrogens (primary N) is 1. The topological polar surface area (TPSA) is 109 Å². The van der Waals surface area contributed by atoms with Gasteiger partial charge in [0.1, 0.15) is 5.34 Å². The van der Waals surface area contributed by atoms with Gasteiger partial charge in [-0.1, -0.05) is 0 Å². The number of nitrogens with zero attached hydrogens (tertiary/aromatic N) is 2. The van der Waals surface area contributed by atoms with Gasteiger partial charge in [0, 0.05) is 27.2 Å². The number of piperidine rings is 1. The first-order valence-electron chi connectivity index (χ1n) is 6.15. The van der Waals surface area contributed by atoms with Crippen molar-refractivity contribution in [2.24, 2.45) is 11.7 Å². The molecule has 1 saturated heterocycles. The van der Waals surface area contributed by atoms with Gasteiger partial charge >= 0.3 is 12.2 Å². The summed E-state index contributed by atoms with van der Waals surface area (Å²) in [5.74, 6) is 0.276. The maximum absolute atomic E-state index is 11.2. The number of hydrogen-bond acceptors (Lipinski definition) is 7. The fourth-order valence-corrected chi connectivity index (χ4v) is 1.75. The standard InChI is InChI=1S/C10H21N5O4/c1-12-9(16)18-15(19-10(17)13-2)14-5-3-4-8(6-11)7-14/h8H,3-7,11H2,1-2H3,(H,12,16)(H,13,17)/t8-/m0/s1. The zero-order valence-corrected chi connectivity index (χ0v) is 11.2. The van der Waals surface area contributed by atoms with E-state index in [-0.39, 0.29) is 5.92 Å². The Hall–Kier alpha value is -1.58. The van der Waals surface area contributed by atoms with Crippen molar-refractivity contribution in [1.29, 1.82) is 0 Å². The molecule has 0 aromatic rings. The number of carbonyl (C=O) groups excluding carboxylic acids is 2. The first kappa shape index (κ1) is 15.5. The Labute approximate surface area is 111 Å². The summed E-state index contributed by atoms with van der Waals surface area (Å²) >= 11 is 0. The van der Waals surface area contributed by atoms with E-state index in [0.29, 0.717) is 19.6 Å². The van der Waals surface area contributed by atoms with Crippen LogP contribution in [-0.2, 0) is 9.68 Å². The Balaban J connectivity index is 2.65. The molecule has 19 heavy (non-hydrogen) atoms. The monoisotopic (exact) mass is 275 g/mol. The SMILES string of the molecule is CNC(=O)ON(OC(=O)NC)N1CCC[C@@H](CN)C1. The molecule has 0 unspecified atom stereocenters. The fraction of sp³-hybridized carbons (Fsp3) is 0.800. The molecule has 0 aromatic heterocycles. The third-order valence-electron chi connectivity index (χ3n) is 2.79. The zero-order valence-electron chi connectivity index (χ0n) is 11.2. The number of amides is 2. The van der Waals surface area contributed by atoms with Crippen LogP contribution in [0, 0.1) is 5.92 Å². The van der Waals surface area contributed by atoms with E-state index in [1.807, 2.05) is 0 Å². The van der Waals surface area contributed by atoms with Crippen LogP contribution in [0.2, 0.25) is 0 Å². The number of hydrogen-bond donors (Lipinski definition) is 3. The minimum Gasteiger partial charge on any atom is -0.330 e. The van der Waals surface area contributed by atoms with Crippen molar-refractivity contribution >= 4 is 12.2 Å². The van der Waals surface area contributed by atoms with E-state index in [0.717, 1.165) is 18.2 Å². The van der Waals surface area contributed by atoms with Crippen LogP contribution in [0.15, 0.2) is 0 Å².